The van der Waals surface area contributed by atoms with Gasteiger partial charge in [0, 0.05) is 6.54 Å². The minimum absolute atomic E-state index is 0.107. The summed E-state index contributed by atoms with van der Waals surface area (Å²) in [6, 6.07) is -0.652. The summed E-state index contributed by atoms with van der Waals surface area (Å²) in [6.45, 7) is 1.58. The number of amides is 1. The lowest BCUT2D eigenvalue weighted by molar-refractivity contribution is -0.147. The first-order chi connectivity index (χ1) is 8.84. The fourth-order valence-electron chi connectivity index (χ4n) is 1.52. The van der Waals surface area contributed by atoms with E-state index in [1.807, 2.05) is 0 Å². The predicted molar refractivity (Wildman–Crippen MR) is 65.3 cm³/mol. The zero-order valence-electron chi connectivity index (χ0n) is 10.8. The van der Waals surface area contributed by atoms with Crippen LogP contribution in [0.4, 0.5) is 0 Å². The summed E-state index contributed by atoms with van der Waals surface area (Å²) in [7, 11) is 0. The molecule has 1 fully saturated rings. The van der Waals surface area contributed by atoms with Gasteiger partial charge in [0.2, 0.25) is 5.91 Å². The topological polar surface area (TPSA) is 141 Å². The fourth-order valence-corrected chi connectivity index (χ4v) is 1.52. The molecular weight excluding hydrogens is 256 g/mol. The summed E-state index contributed by atoms with van der Waals surface area (Å²) in [5.74, 6) is -2.79. The van der Waals surface area contributed by atoms with Crippen LogP contribution >= 0.6 is 0 Å². The number of hydrogen-bond donors (Lipinski definition) is 4. The molecule has 0 aliphatic carbocycles. The van der Waals surface area contributed by atoms with Gasteiger partial charge in [-0.1, -0.05) is 0 Å². The second kappa shape index (κ2) is 8.44. The van der Waals surface area contributed by atoms with Crippen molar-refractivity contribution in [1.29, 1.82) is 0 Å². The average Bonchev–Trinajstić information content (AvgIpc) is 2.86. The van der Waals surface area contributed by atoms with Gasteiger partial charge in [-0.25, -0.2) is 4.79 Å². The van der Waals surface area contributed by atoms with Gasteiger partial charge in [-0.3, -0.25) is 9.59 Å². The van der Waals surface area contributed by atoms with Crippen LogP contribution in [0, 0.1) is 5.92 Å². The van der Waals surface area contributed by atoms with Gasteiger partial charge >= 0.3 is 11.9 Å². The number of carbonyl (C=O) groups excluding carboxylic acids is 1. The van der Waals surface area contributed by atoms with Crippen molar-refractivity contribution in [3.8, 4) is 0 Å². The normalized spacial score (nSPS) is 19.3. The Bertz CT molecular complexity index is 333. The van der Waals surface area contributed by atoms with E-state index in [4.69, 9.17) is 21.1 Å². The molecule has 1 heterocycles. The highest BCUT2D eigenvalue weighted by atomic mass is 16.4. The molecule has 8 heteroatoms. The van der Waals surface area contributed by atoms with E-state index in [1.165, 1.54) is 11.8 Å². The van der Waals surface area contributed by atoms with Gasteiger partial charge in [-0.05, 0) is 19.8 Å². The molecule has 2 atom stereocenters. The van der Waals surface area contributed by atoms with Crippen molar-refractivity contribution < 1.29 is 29.7 Å². The second-order valence-electron chi connectivity index (χ2n) is 4.21. The number of likely N-dealkylation sites (tertiary alicyclic amines) is 1. The maximum Gasteiger partial charge on any atom is 0.326 e. The molecule has 1 aliphatic rings. The number of carboxylic acid groups (broad SMARTS) is 2. The Morgan fingerprint density at radius 3 is 2.26 bits per heavy atom. The van der Waals surface area contributed by atoms with E-state index in [0.717, 1.165) is 6.42 Å². The maximum atomic E-state index is 11.1. The van der Waals surface area contributed by atoms with Gasteiger partial charge in [0.25, 0.3) is 0 Å². The smallest absolute Gasteiger partial charge is 0.326 e. The molecule has 1 aliphatic heterocycles. The number of nitrogens with two attached hydrogens (primary N) is 1. The van der Waals surface area contributed by atoms with Crippen LogP contribution in [0.3, 0.4) is 0 Å². The molecule has 0 aromatic carbocycles. The molecule has 1 amide bonds. The molecule has 1 saturated heterocycles. The molecule has 1 unspecified atom stereocenters. The van der Waals surface area contributed by atoms with Crippen molar-refractivity contribution in [2.24, 2.45) is 11.7 Å². The van der Waals surface area contributed by atoms with Crippen LogP contribution in [0.1, 0.15) is 19.8 Å². The highest BCUT2D eigenvalue weighted by Gasteiger charge is 2.32. The predicted octanol–water partition coefficient (Wildman–Crippen LogP) is -1.28. The van der Waals surface area contributed by atoms with Crippen LogP contribution in [0.25, 0.3) is 0 Å². The van der Waals surface area contributed by atoms with Crippen molar-refractivity contribution in [2.75, 3.05) is 19.7 Å². The Kier molecular flexibility index (Phi) is 7.69. The van der Waals surface area contributed by atoms with Gasteiger partial charge in [-0.2, -0.15) is 0 Å². The van der Waals surface area contributed by atoms with Gasteiger partial charge in [0.1, 0.15) is 6.04 Å². The molecule has 1 rings (SSSR count). The van der Waals surface area contributed by atoms with E-state index in [9.17, 15) is 14.4 Å². The van der Waals surface area contributed by atoms with E-state index in [-0.39, 0.29) is 19.1 Å². The number of carbonyl (C=O) groups is 3. The van der Waals surface area contributed by atoms with Gasteiger partial charge in [0.05, 0.1) is 19.1 Å². The van der Waals surface area contributed by atoms with E-state index in [0.29, 0.717) is 13.0 Å². The van der Waals surface area contributed by atoms with Gasteiger partial charge < -0.3 is 26.0 Å². The standard InChI is InChI=1S/C7H12N2O3.C4H8O3/c8-4-6(10)9-3-1-2-5(9)7(11)12;1-3(2-5)4(6)7/h5H,1-4,8H2,(H,11,12);3,5H,2H2,1H3,(H,6,7)/t5-;/m0./s1. The average molecular weight is 276 g/mol. The minimum Gasteiger partial charge on any atom is -0.481 e. The number of aliphatic hydroxyl groups is 1. The van der Waals surface area contributed by atoms with Crippen molar-refractivity contribution in [2.45, 2.75) is 25.8 Å². The SMILES string of the molecule is CC(CO)C(=O)O.NCC(=O)N1CCC[C@H]1C(=O)O. The fraction of sp³-hybridized carbons (Fsp3) is 0.727. The number of rotatable bonds is 4. The number of carboxylic acids is 2. The number of aliphatic hydroxyl groups excluding tert-OH is 1. The first kappa shape index (κ1) is 17.3. The molecule has 0 aromatic heterocycles. The third kappa shape index (κ3) is 5.66. The molecular formula is C11H20N2O6. The zero-order valence-corrected chi connectivity index (χ0v) is 10.8. The highest BCUT2D eigenvalue weighted by molar-refractivity contribution is 5.85. The van der Waals surface area contributed by atoms with Crippen molar-refractivity contribution in [1.82, 2.24) is 4.90 Å². The van der Waals surface area contributed by atoms with Crippen LogP contribution in [-0.4, -0.2) is 63.8 Å². The molecule has 0 spiro atoms. The lowest BCUT2D eigenvalue weighted by Crippen LogP contribution is -2.43. The Labute approximate surface area is 110 Å². The summed E-state index contributed by atoms with van der Waals surface area (Å²) in [5, 5.41) is 24.8. The van der Waals surface area contributed by atoms with Crippen molar-refractivity contribution >= 4 is 17.8 Å². The van der Waals surface area contributed by atoms with E-state index >= 15 is 0 Å². The third-order valence-corrected chi connectivity index (χ3v) is 2.73. The number of aliphatic carboxylic acids is 2. The van der Waals surface area contributed by atoms with Crippen molar-refractivity contribution in [3.63, 3.8) is 0 Å². The van der Waals surface area contributed by atoms with Crippen LogP contribution in [0.2, 0.25) is 0 Å². The van der Waals surface area contributed by atoms with E-state index in [2.05, 4.69) is 0 Å². The molecule has 5 N–H and O–H groups in total. The van der Waals surface area contributed by atoms with Gasteiger partial charge in [0.15, 0.2) is 0 Å². The summed E-state index contributed by atoms with van der Waals surface area (Å²) in [5.41, 5.74) is 5.13. The Hall–Kier alpha value is -1.67. The summed E-state index contributed by atoms with van der Waals surface area (Å²) in [4.78, 5) is 32.8. The quantitative estimate of drug-likeness (QED) is 0.501. The molecule has 19 heavy (non-hydrogen) atoms. The lowest BCUT2D eigenvalue weighted by atomic mass is 10.2. The number of hydrogen-bond acceptors (Lipinski definition) is 5. The van der Waals surface area contributed by atoms with Crippen LogP contribution < -0.4 is 5.73 Å². The molecule has 110 valence electrons. The minimum atomic E-state index is -0.956. The third-order valence-electron chi connectivity index (χ3n) is 2.73. The molecule has 0 saturated carbocycles. The summed E-state index contributed by atoms with van der Waals surface area (Å²) in [6.07, 6.45) is 1.30. The molecule has 0 bridgehead atoms. The Morgan fingerprint density at radius 1 is 1.37 bits per heavy atom. The van der Waals surface area contributed by atoms with Crippen LogP contribution in [0.5, 0.6) is 0 Å². The highest BCUT2D eigenvalue weighted by Crippen LogP contribution is 2.16. The van der Waals surface area contributed by atoms with E-state index < -0.39 is 23.9 Å². The molecule has 0 aromatic rings. The van der Waals surface area contributed by atoms with Crippen LogP contribution in [0.15, 0.2) is 0 Å². The van der Waals surface area contributed by atoms with Gasteiger partial charge in [-0.15, -0.1) is 0 Å². The first-order valence-electron chi connectivity index (χ1n) is 5.91. The molecule has 8 nitrogen and oxygen atoms in total. The Balaban J connectivity index is 0.000000399. The lowest BCUT2D eigenvalue weighted by Gasteiger charge is -2.20. The van der Waals surface area contributed by atoms with Crippen LogP contribution in [-0.2, 0) is 14.4 Å². The van der Waals surface area contributed by atoms with E-state index in [1.54, 1.807) is 0 Å². The molecule has 0 radical (unpaired) electrons. The zero-order chi connectivity index (χ0) is 15.0. The summed E-state index contributed by atoms with van der Waals surface area (Å²) < 4.78 is 0. The van der Waals surface area contributed by atoms with Crippen molar-refractivity contribution in [3.05, 3.63) is 0 Å². The first-order valence-corrected chi connectivity index (χ1v) is 5.91. The largest absolute Gasteiger partial charge is 0.481 e. The number of nitrogens with zero attached hydrogens (tertiary/aromatic N) is 1. The summed E-state index contributed by atoms with van der Waals surface area (Å²) >= 11 is 0. The monoisotopic (exact) mass is 276 g/mol. The maximum absolute atomic E-state index is 11.1. The Morgan fingerprint density at radius 2 is 1.95 bits per heavy atom. The second-order valence-corrected chi connectivity index (χ2v) is 4.21.